The van der Waals surface area contributed by atoms with E-state index in [-0.39, 0.29) is 11.9 Å². The number of benzene rings is 1. The van der Waals surface area contributed by atoms with E-state index in [1.165, 1.54) is 4.57 Å². The maximum Gasteiger partial charge on any atom is 0.419 e. The van der Waals surface area contributed by atoms with Crippen molar-refractivity contribution in [3.8, 4) is 0 Å². The Hall–Kier alpha value is -2.77. The van der Waals surface area contributed by atoms with Gasteiger partial charge in [0.25, 0.3) is 0 Å². The van der Waals surface area contributed by atoms with Crippen molar-refractivity contribution in [3.63, 3.8) is 0 Å². The Kier molecular flexibility index (Phi) is 5.01. The van der Waals surface area contributed by atoms with Crippen molar-refractivity contribution in [3.05, 3.63) is 28.7 Å². The van der Waals surface area contributed by atoms with E-state index in [1.807, 2.05) is 0 Å². The van der Waals surface area contributed by atoms with Crippen LogP contribution in [-0.2, 0) is 11.8 Å². The minimum absolute atomic E-state index is 0.0237. The monoisotopic (exact) mass is 360 g/mol. The summed E-state index contributed by atoms with van der Waals surface area (Å²) in [5.41, 5.74) is 1.59. The lowest BCUT2D eigenvalue weighted by molar-refractivity contribution is -0.138. The number of urea groups is 1. The molecule has 1 aromatic carbocycles. The zero-order valence-electron chi connectivity index (χ0n) is 15.3. The van der Waals surface area contributed by atoms with Crippen LogP contribution < -0.4 is 11.1 Å². The highest BCUT2D eigenvalue weighted by atomic mass is 16.4. The molecule has 1 aliphatic heterocycles. The molecule has 0 spiro atoms. The van der Waals surface area contributed by atoms with Crippen LogP contribution in [0.5, 0.6) is 0 Å². The number of unbranched alkanes of at least 4 members (excludes halogenated alkanes) is 1. The lowest BCUT2D eigenvalue weighted by Gasteiger charge is -2.39. The molecular weight excluding hydrogens is 336 g/mol. The van der Waals surface area contributed by atoms with Crippen LogP contribution in [-0.4, -0.2) is 52.5 Å². The molecule has 1 atom stereocenters. The Bertz CT molecular complexity index is 885. The molecular formula is C18H24N4O4. The summed E-state index contributed by atoms with van der Waals surface area (Å²) in [5, 5.41) is 2.82. The summed E-state index contributed by atoms with van der Waals surface area (Å²) in [6, 6.07) is 4.30. The number of hydrogen-bond acceptors (Lipinski definition) is 4. The average molecular weight is 360 g/mol. The van der Waals surface area contributed by atoms with E-state index in [4.69, 9.17) is 4.42 Å². The van der Waals surface area contributed by atoms with Gasteiger partial charge in [-0.05, 0) is 18.6 Å². The van der Waals surface area contributed by atoms with E-state index in [2.05, 4.69) is 12.2 Å². The molecule has 0 saturated carbocycles. The normalized spacial score (nSPS) is 17.8. The first-order valence-corrected chi connectivity index (χ1v) is 8.84. The minimum atomic E-state index is -0.451. The molecule has 1 aromatic heterocycles. The van der Waals surface area contributed by atoms with Gasteiger partial charge >= 0.3 is 11.8 Å². The van der Waals surface area contributed by atoms with Crippen molar-refractivity contribution in [2.24, 2.45) is 7.05 Å². The molecule has 140 valence electrons. The highest BCUT2D eigenvalue weighted by molar-refractivity contribution is 5.95. The fraction of sp³-hybridized carbons (Fsp3) is 0.500. The van der Waals surface area contributed by atoms with Crippen molar-refractivity contribution < 1.29 is 14.0 Å². The lowest BCUT2D eigenvalue weighted by Crippen LogP contribution is -2.58. The van der Waals surface area contributed by atoms with Gasteiger partial charge in [-0.3, -0.25) is 9.36 Å². The second-order valence-corrected chi connectivity index (χ2v) is 6.65. The molecule has 0 bridgehead atoms. The Morgan fingerprint density at radius 3 is 2.77 bits per heavy atom. The predicted octanol–water partition coefficient (Wildman–Crippen LogP) is 2.00. The number of nitrogens with one attached hydrogen (secondary N) is 1. The number of aryl methyl sites for hydroxylation is 1. The summed E-state index contributed by atoms with van der Waals surface area (Å²) < 4.78 is 6.56. The Morgan fingerprint density at radius 1 is 1.27 bits per heavy atom. The number of carbonyl (C=O) groups excluding carboxylic acids is 2. The molecule has 2 heterocycles. The van der Waals surface area contributed by atoms with E-state index < -0.39 is 11.8 Å². The Labute approximate surface area is 151 Å². The molecule has 8 nitrogen and oxygen atoms in total. The largest absolute Gasteiger partial charge is 0.419 e. The maximum absolute atomic E-state index is 12.7. The van der Waals surface area contributed by atoms with Gasteiger partial charge in [-0.2, -0.15) is 0 Å². The summed E-state index contributed by atoms with van der Waals surface area (Å²) in [4.78, 5) is 40.1. The smallest absolute Gasteiger partial charge is 0.408 e. The molecule has 1 N–H and O–H groups in total. The van der Waals surface area contributed by atoms with Crippen LogP contribution in [0.15, 0.2) is 27.4 Å². The summed E-state index contributed by atoms with van der Waals surface area (Å²) in [5.74, 6) is -0.475. The van der Waals surface area contributed by atoms with Crippen LogP contribution in [0, 0.1) is 0 Å². The molecule has 0 radical (unpaired) electrons. The fourth-order valence-electron chi connectivity index (χ4n) is 3.24. The highest BCUT2D eigenvalue weighted by Gasteiger charge is 2.35. The molecule has 3 amide bonds. The number of carbonyl (C=O) groups is 2. The van der Waals surface area contributed by atoms with E-state index in [1.54, 1.807) is 42.1 Å². The lowest BCUT2D eigenvalue weighted by atomic mass is 10.0. The summed E-state index contributed by atoms with van der Waals surface area (Å²) in [6.07, 6.45) is 2.50. The first-order chi connectivity index (χ1) is 12.4. The zero-order chi connectivity index (χ0) is 18.8. The van der Waals surface area contributed by atoms with Crippen LogP contribution in [0.1, 0.15) is 26.2 Å². The minimum Gasteiger partial charge on any atom is -0.408 e. The van der Waals surface area contributed by atoms with Crippen LogP contribution in [0.4, 0.5) is 10.5 Å². The topological polar surface area (TPSA) is 87.8 Å². The van der Waals surface area contributed by atoms with Gasteiger partial charge in [0, 0.05) is 38.9 Å². The van der Waals surface area contributed by atoms with E-state index in [0.29, 0.717) is 36.3 Å². The van der Waals surface area contributed by atoms with Gasteiger partial charge in [-0.15, -0.1) is 0 Å². The van der Waals surface area contributed by atoms with E-state index >= 15 is 0 Å². The third-order valence-electron chi connectivity index (χ3n) is 4.85. The molecule has 2 aromatic rings. The molecule has 1 aliphatic rings. The van der Waals surface area contributed by atoms with Crippen LogP contribution in [0.2, 0.25) is 0 Å². The van der Waals surface area contributed by atoms with Gasteiger partial charge in [-0.1, -0.05) is 19.8 Å². The fourth-order valence-corrected chi connectivity index (χ4v) is 3.24. The van der Waals surface area contributed by atoms with Crippen molar-refractivity contribution >= 4 is 28.7 Å². The molecule has 0 aliphatic carbocycles. The van der Waals surface area contributed by atoms with E-state index in [9.17, 15) is 14.4 Å². The quantitative estimate of drug-likeness (QED) is 0.903. The molecule has 1 fully saturated rings. The number of rotatable bonds is 4. The van der Waals surface area contributed by atoms with Crippen LogP contribution in [0.25, 0.3) is 11.1 Å². The number of aromatic nitrogens is 1. The number of hydrogen-bond donors (Lipinski definition) is 1. The van der Waals surface area contributed by atoms with Gasteiger partial charge in [0.15, 0.2) is 5.58 Å². The number of fused-ring (bicyclic) bond motifs is 1. The van der Waals surface area contributed by atoms with Crippen molar-refractivity contribution in [2.45, 2.75) is 32.2 Å². The second kappa shape index (κ2) is 7.23. The third-order valence-corrected chi connectivity index (χ3v) is 4.85. The number of nitrogens with zero attached hydrogens (tertiary/aromatic N) is 3. The number of piperazine rings is 1. The van der Waals surface area contributed by atoms with Crippen LogP contribution >= 0.6 is 0 Å². The van der Waals surface area contributed by atoms with Gasteiger partial charge in [0.1, 0.15) is 6.04 Å². The van der Waals surface area contributed by atoms with Gasteiger partial charge in [0.05, 0.1) is 5.52 Å². The first-order valence-electron chi connectivity index (χ1n) is 8.84. The third kappa shape index (κ3) is 3.31. The maximum atomic E-state index is 12.7. The van der Waals surface area contributed by atoms with Crippen molar-refractivity contribution in [1.82, 2.24) is 14.4 Å². The standard InChI is InChI=1S/C18H24N4O4/c1-4-5-6-14-16(23)20(2)9-10-22(14)17(24)19-12-7-8-13-15(11-12)26-18(25)21(13)3/h7-8,11,14H,4-6,9-10H2,1-3H3,(H,19,24)/t14-/m1/s1. The number of oxazole rings is 1. The van der Waals surface area contributed by atoms with Crippen molar-refractivity contribution in [1.29, 1.82) is 0 Å². The van der Waals surface area contributed by atoms with Gasteiger partial charge in [0.2, 0.25) is 5.91 Å². The average Bonchev–Trinajstić information content (AvgIpc) is 2.89. The van der Waals surface area contributed by atoms with Crippen molar-refractivity contribution in [2.75, 3.05) is 25.5 Å². The Balaban J connectivity index is 1.79. The zero-order valence-corrected chi connectivity index (χ0v) is 15.3. The van der Waals surface area contributed by atoms with Crippen LogP contribution in [0.3, 0.4) is 0 Å². The van der Waals surface area contributed by atoms with Gasteiger partial charge < -0.3 is 19.5 Å². The molecule has 0 unspecified atom stereocenters. The number of amides is 3. The summed E-state index contributed by atoms with van der Waals surface area (Å²) in [7, 11) is 3.39. The first kappa shape index (κ1) is 18.0. The predicted molar refractivity (Wildman–Crippen MR) is 98.1 cm³/mol. The number of likely N-dealkylation sites (N-methyl/N-ethyl adjacent to an activating group) is 1. The number of anilines is 1. The summed E-state index contributed by atoms with van der Waals surface area (Å²) >= 11 is 0. The molecule has 8 heteroatoms. The molecule has 1 saturated heterocycles. The Morgan fingerprint density at radius 2 is 2.04 bits per heavy atom. The highest BCUT2D eigenvalue weighted by Crippen LogP contribution is 2.21. The molecule has 3 rings (SSSR count). The summed E-state index contributed by atoms with van der Waals surface area (Å²) in [6.45, 7) is 3.07. The molecule has 26 heavy (non-hydrogen) atoms. The van der Waals surface area contributed by atoms with E-state index in [0.717, 1.165) is 12.8 Å². The second-order valence-electron chi connectivity index (χ2n) is 6.65. The van der Waals surface area contributed by atoms with Gasteiger partial charge in [-0.25, -0.2) is 9.59 Å². The SMILES string of the molecule is CCCC[C@@H]1C(=O)N(C)CCN1C(=O)Nc1ccc2c(c1)oc(=O)n2C.